The first kappa shape index (κ1) is 30.6. The Morgan fingerprint density at radius 2 is 1.40 bits per heavy atom. The molecule has 1 heterocycles. The van der Waals surface area contributed by atoms with Crippen LogP contribution in [0.15, 0.2) is 77.8 Å². The van der Waals surface area contributed by atoms with Crippen LogP contribution in [0.3, 0.4) is 0 Å². The van der Waals surface area contributed by atoms with E-state index < -0.39 is 29.8 Å². The van der Waals surface area contributed by atoms with Gasteiger partial charge in [0.2, 0.25) is 5.62 Å². The van der Waals surface area contributed by atoms with Gasteiger partial charge in [0.25, 0.3) is 0 Å². The number of hydrogen-bond acceptors (Lipinski definition) is 3. The Morgan fingerprint density at radius 1 is 0.857 bits per heavy atom. The lowest BCUT2D eigenvalue weighted by atomic mass is 10.0. The molecule has 0 spiro atoms. The zero-order chi connectivity index (χ0) is 30.7. The molecule has 0 aliphatic rings. The van der Waals surface area contributed by atoms with E-state index in [1.807, 2.05) is 96.5 Å². The predicted molar refractivity (Wildman–Crippen MR) is 155 cm³/mol. The molecule has 2 amide bonds. The van der Waals surface area contributed by atoms with Gasteiger partial charge in [-0.25, -0.2) is 4.79 Å². The highest BCUT2D eigenvalue weighted by Crippen LogP contribution is 2.23. The highest BCUT2D eigenvalue weighted by molar-refractivity contribution is 5.81. The molecule has 0 aliphatic carbocycles. The highest BCUT2D eigenvalue weighted by atomic mass is 19.4. The summed E-state index contributed by atoms with van der Waals surface area (Å²) in [6.07, 6.45) is -5.61. The number of carbonyl (C=O) groups is 2. The molecule has 4 rings (SSSR count). The Bertz CT molecular complexity index is 1630. The molecule has 0 radical (unpaired) electrons. The molecule has 1 unspecified atom stereocenters. The summed E-state index contributed by atoms with van der Waals surface area (Å²) in [7, 11) is 0. The molecule has 0 saturated carbocycles. The molecule has 0 bridgehead atoms. The number of aryl methyl sites for hydroxylation is 2. The molecule has 42 heavy (non-hydrogen) atoms. The van der Waals surface area contributed by atoms with Crippen LogP contribution in [0.2, 0.25) is 0 Å². The summed E-state index contributed by atoms with van der Waals surface area (Å²) in [5.74, 6) is -2.04. The number of ether oxygens (including phenoxy) is 1. The van der Waals surface area contributed by atoms with Gasteiger partial charge in [0, 0.05) is 6.54 Å². The molecule has 1 aromatic heterocycles. The van der Waals surface area contributed by atoms with E-state index in [2.05, 4.69) is 4.99 Å². The first-order valence-corrected chi connectivity index (χ1v) is 13.6. The van der Waals surface area contributed by atoms with E-state index >= 15 is 0 Å². The van der Waals surface area contributed by atoms with Crippen LogP contribution in [0.1, 0.15) is 49.1 Å². The van der Waals surface area contributed by atoms with Crippen LogP contribution in [0.5, 0.6) is 0 Å². The first-order valence-electron chi connectivity index (χ1n) is 13.6. The van der Waals surface area contributed by atoms with Gasteiger partial charge in [-0.3, -0.25) is 4.79 Å². The quantitative estimate of drug-likeness (QED) is 0.275. The van der Waals surface area contributed by atoms with E-state index in [0.29, 0.717) is 12.1 Å². The summed E-state index contributed by atoms with van der Waals surface area (Å²) in [4.78, 5) is 29.4. The molecule has 1 atom stereocenters. The summed E-state index contributed by atoms with van der Waals surface area (Å²) in [5.41, 5.74) is 4.65. The molecule has 1 N–H and O–H groups in total. The normalized spacial score (nSPS) is 13.3. The average Bonchev–Trinajstić information content (AvgIpc) is 3.19. The van der Waals surface area contributed by atoms with E-state index in [9.17, 15) is 22.8 Å². The van der Waals surface area contributed by atoms with Crippen molar-refractivity contribution in [3.8, 4) is 0 Å². The van der Waals surface area contributed by atoms with E-state index in [4.69, 9.17) is 4.74 Å². The van der Waals surface area contributed by atoms with E-state index in [1.54, 1.807) is 25.3 Å². The lowest BCUT2D eigenvalue weighted by Crippen LogP contribution is -2.42. The third-order valence-electron chi connectivity index (χ3n) is 6.65. The molecular weight excluding hydrogens is 545 g/mol. The molecule has 4 aromatic rings. The number of rotatable bonds is 7. The molecule has 222 valence electrons. The average molecular weight is 581 g/mol. The maximum Gasteiger partial charge on any atom is 0.471 e. The van der Waals surface area contributed by atoms with Crippen LogP contribution in [0.25, 0.3) is 11.0 Å². The number of nitrogens with one attached hydrogen (secondary N) is 1. The summed E-state index contributed by atoms with van der Waals surface area (Å²) < 4.78 is 48.7. The van der Waals surface area contributed by atoms with Crippen molar-refractivity contribution >= 4 is 23.0 Å². The van der Waals surface area contributed by atoms with Gasteiger partial charge in [0.15, 0.2) is 0 Å². The van der Waals surface area contributed by atoms with Crippen molar-refractivity contribution in [3.05, 3.63) is 101 Å². The highest BCUT2D eigenvalue weighted by Gasteiger charge is 2.39. The number of benzene rings is 3. The Balaban J connectivity index is 1.94. The third-order valence-corrected chi connectivity index (χ3v) is 6.65. The Kier molecular flexibility index (Phi) is 8.94. The third kappa shape index (κ3) is 7.69. The summed E-state index contributed by atoms with van der Waals surface area (Å²) in [6, 6.07) is 22.1. The van der Waals surface area contributed by atoms with Crippen molar-refractivity contribution in [3.63, 3.8) is 0 Å². The molecule has 3 aromatic carbocycles. The zero-order valence-electron chi connectivity index (χ0n) is 24.3. The second kappa shape index (κ2) is 12.3. The fraction of sp³-hybridized carbons (Fsp3) is 0.344. The number of amides is 2. The number of fused-ring (bicyclic) bond motifs is 1. The van der Waals surface area contributed by atoms with Gasteiger partial charge < -0.3 is 19.2 Å². The topological polar surface area (TPSA) is 77.6 Å². The number of aromatic nitrogens is 2. The maximum absolute atomic E-state index is 13.2. The predicted octanol–water partition coefficient (Wildman–Crippen LogP) is 6.41. The van der Waals surface area contributed by atoms with Gasteiger partial charge in [-0.1, -0.05) is 71.8 Å². The van der Waals surface area contributed by atoms with Gasteiger partial charge in [-0.2, -0.15) is 13.2 Å². The molecule has 0 aliphatic heterocycles. The van der Waals surface area contributed by atoms with E-state index in [1.165, 1.54) is 0 Å². The van der Waals surface area contributed by atoms with E-state index in [0.717, 1.165) is 27.8 Å². The van der Waals surface area contributed by atoms with E-state index in [-0.39, 0.29) is 18.6 Å². The minimum Gasteiger partial charge on any atom is -0.442 e. The van der Waals surface area contributed by atoms with Crippen molar-refractivity contribution in [1.82, 2.24) is 14.5 Å². The second-order valence-electron chi connectivity index (χ2n) is 11.4. The number of halogens is 3. The van der Waals surface area contributed by atoms with Crippen molar-refractivity contribution in [1.29, 1.82) is 0 Å². The number of nitrogens with zero attached hydrogens (tertiary/aromatic N) is 3. The molecular formula is C32H35F3N4O3. The van der Waals surface area contributed by atoms with Crippen LogP contribution in [-0.2, 0) is 22.5 Å². The van der Waals surface area contributed by atoms with Crippen LogP contribution < -0.4 is 10.9 Å². The zero-order valence-corrected chi connectivity index (χ0v) is 24.3. The Morgan fingerprint density at radius 3 is 1.95 bits per heavy atom. The monoisotopic (exact) mass is 580 g/mol. The standard InChI is InChI=1S/C32H35F3N4O3/c1-21-10-14-23(15-11-21)18-25(19-36-28(40)32(33,34)35)39-27-9-7-6-8-26(27)38(20-24-16-12-22(2)13-17-24)29(39)37-30(41)42-31(3,4)5/h6-17,25H,18-20H2,1-5H3,(H,36,40). The Labute approximate surface area is 242 Å². The molecule has 0 fully saturated rings. The largest absolute Gasteiger partial charge is 0.471 e. The number of hydrogen-bond donors (Lipinski definition) is 1. The van der Waals surface area contributed by atoms with Gasteiger partial charge >= 0.3 is 18.2 Å². The minimum atomic E-state index is -5.04. The van der Waals surface area contributed by atoms with Crippen LogP contribution >= 0.6 is 0 Å². The summed E-state index contributed by atoms with van der Waals surface area (Å²) in [5, 5.41) is 2.05. The number of para-hydroxylation sites is 2. The fourth-order valence-corrected chi connectivity index (χ4v) is 4.68. The number of alkyl halides is 3. The van der Waals surface area contributed by atoms with Crippen LogP contribution in [-0.4, -0.2) is 39.5 Å². The van der Waals surface area contributed by atoms with Crippen LogP contribution in [0, 0.1) is 13.8 Å². The van der Waals surface area contributed by atoms with Crippen molar-refractivity contribution in [2.45, 2.75) is 65.4 Å². The van der Waals surface area contributed by atoms with Crippen molar-refractivity contribution in [2.24, 2.45) is 4.99 Å². The minimum absolute atomic E-state index is 0.199. The lowest BCUT2D eigenvalue weighted by molar-refractivity contribution is -0.173. The SMILES string of the molecule is Cc1ccc(CC(CNC(=O)C(F)(F)F)n2c(=NC(=O)OC(C)(C)C)n(Cc3ccc(C)cc3)c3ccccc32)cc1. The fourth-order valence-electron chi connectivity index (χ4n) is 4.68. The smallest absolute Gasteiger partial charge is 0.442 e. The first-order chi connectivity index (χ1) is 19.7. The van der Waals surface area contributed by atoms with Crippen LogP contribution in [0.4, 0.5) is 18.0 Å². The maximum atomic E-state index is 13.2. The molecule has 0 saturated heterocycles. The number of carbonyl (C=O) groups excluding carboxylic acids is 2. The summed E-state index contributed by atoms with van der Waals surface area (Å²) >= 11 is 0. The van der Waals surface area contributed by atoms with Crippen molar-refractivity contribution < 1.29 is 27.5 Å². The van der Waals surface area contributed by atoms with Gasteiger partial charge in [-0.15, -0.1) is 4.99 Å². The Hall–Kier alpha value is -4.34. The van der Waals surface area contributed by atoms with Gasteiger partial charge in [0.05, 0.1) is 23.6 Å². The molecule has 10 heteroatoms. The van der Waals surface area contributed by atoms with Gasteiger partial charge in [-0.05, 0) is 64.3 Å². The summed E-state index contributed by atoms with van der Waals surface area (Å²) in [6.45, 7) is 9.08. The number of imidazole rings is 1. The van der Waals surface area contributed by atoms with Gasteiger partial charge in [0.1, 0.15) is 5.60 Å². The lowest BCUT2D eigenvalue weighted by Gasteiger charge is -2.22. The molecule has 7 nitrogen and oxygen atoms in total. The van der Waals surface area contributed by atoms with Crippen molar-refractivity contribution in [2.75, 3.05) is 6.54 Å². The second-order valence-corrected chi connectivity index (χ2v) is 11.4.